The second kappa shape index (κ2) is 7.19. The number of likely N-dealkylation sites (N-methyl/N-ethyl adjacent to an activating group) is 1. The first kappa shape index (κ1) is 16.4. The van der Waals surface area contributed by atoms with Crippen molar-refractivity contribution >= 4 is 11.4 Å². The molecule has 0 aliphatic carbocycles. The summed E-state index contributed by atoms with van der Waals surface area (Å²) < 4.78 is 13.6. The number of rotatable bonds is 7. The van der Waals surface area contributed by atoms with Gasteiger partial charge in [0, 0.05) is 12.6 Å². The van der Waals surface area contributed by atoms with E-state index >= 15 is 0 Å². The molecule has 0 fully saturated rings. The molecule has 0 aliphatic rings. The van der Waals surface area contributed by atoms with Gasteiger partial charge in [-0.15, -0.1) is 0 Å². The number of nitrogens with one attached hydrogen (secondary N) is 1. The Morgan fingerprint density at radius 3 is 2.55 bits per heavy atom. The van der Waals surface area contributed by atoms with Crippen LogP contribution in [0.3, 0.4) is 0 Å². The zero-order valence-electron chi connectivity index (χ0n) is 12.4. The van der Waals surface area contributed by atoms with E-state index in [2.05, 4.69) is 19.2 Å². The number of halogens is 1. The molecule has 20 heavy (non-hydrogen) atoms. The van der Waals surface area contributed by atoms with E-state index in [1.54, 1.807) is 6.07 Å². The maximum Gasteiger partial charge on any atom is 0.327 e. The molecule has 1 aromatic rings. The molecule has 0 amide bonds. The van der Waals surface area contributed by atoms with Crippen molar-refractivity contribution in [3.8, 4) is 0 Å². The predicted molar refractivity (Wildman–Crippen MR) is 78.5 cm³/mol. The van der Waals surface area contributed by atoms with Crippen molar-refractivity contribution in [3.05, 3.63) is 34.1 Å². The van der Waals surface area contributed by atoms with Crippen LogP contribution in [0.15, 0.2) is 18.2 Å². The van der Waals surface area contributed by atoms with Crippen LogP contribution in [0.2, 0.25) is 0 Å². The van der Waals surface area contributed by atoms with E-state index in [9.17, 15) is 14.5 Å². The molecule has 0 heterocycles. The van der Waals surface area contributed by atoms with Gasteiger partial charge in [0.2, 0.25) is 5.82 Å². The van der Waals surface area contributed by atoms with Gasteiger partial charge in [0.05, 0.1) is 4.92 Å². The lowest BCUT2D eigenvalue weighted by Gasteiger charge is -2.24. The van der Waals surface area contributed by atoms with E-state index in [-0.39, 0.29) is 11.7 Å². The Kier molecular flexibility index (Phi) is 5.88. The summed E-state index contributed by atoms with van der Waals surface area (Å²) in [6, 6.07) is 4.16. The summed E-state index contributed by atoms with van der Waals surface area (Å²) in [5.41, 5.74) is -0.248. The lowest BCUT2D eigenvalue weighted by atomic mass is 10.0. The van der Waals surface area contributed by atoms with Crippen molar-refractivity contribution in [1.29, 1.82) is 0 Å². The third-order valence-corrected chi connectivity index (χ3v) is 2.87. The molecule has 1 atom stereocenters. The minimum atomic E-state index is -0.812. The van der Waals surface area contributed by atoms with Crippen LogP contribution in [0.4, 0.5) is 15.8 Å². The molecule has 0 saturated carbocycles. The molecular formula is C14H22FN3O2. The topological polar surface area (TPSA) is 58.4 Å². The Morgan fingerprint density at radius 2 is 2.05 bits per heavy atom. The molecule has 5 nitrogen and oxygen atoms in total. The number of nitro groups is 1. The summed E-state index contributed by atoms with van der Waals surface area (Å²) in [6.45, 7) is 4.90. The average molecular weight is 283 g/mol. The van der Waals surface area contributed by atoms with Crippen molar-refractivity contribution in [2.24, 2.45) is 5.92 Å². The Balaban J connectivity index is 2.98. The predicted octanol–water partition coefficient (Wildman–Crippen LogP) is 3.12. The third kappa shape index (κ3) is 4.77. The van der Waals surface area contributed by atoms with E-state index < -0.39 is 16.4 Å². The summed E-state index contributed by atoms with van der Waals surface area (Å²) in [6.07, 6.45) is 0.853. The van der Waals surface area contributed by atoms with E-state index in [0.29, 0.717) is 5.92 Å². The zero-order chi connectivity index (χ0) is 15.3. The SMILES string of the molecule is CC(C)CC(CN(C)C)Nc1cccc(F)c1[N+](=O)[O-]. The van der Waals surface area contributed by atoms with Gasteiger partial charge in [-0.2, -0.15) is 4.39 Å². The molecule has 0 radical (unpaired) electrons. The van der Waals surface area contributed by atoms with E-state index in [1.165, 1.54) is 6.07 Å². The summed E-state index contributed by atoms with van der Waals surface area (Å²) in [5, 5.41) is 14.1. The number of nitrogens with zero attached hydrogens (tertiary/aromatic N) is 2. The number of hydrogen-bond acceptors (Lipinski definition) is 4. The number of hydrogen-bond donors (Lipinski definition) is 1. The highest BCUT2D eigenvalue weighted by atomic mass is 19.1. The van der Waals surface area contributed by atoms with Crippen LogP contribution in [-0.4, -0.2) is 36.5 Å². The van der Waals surface area contributed by atoms with Crippen LogP contribution >= 0.6 is 0 Å². The number of anilines is 1. The fourth-order valence-corrected chi connectivity index (χ4v) is 2.23. The minimum Gasteiger partial charge on any atom is -0.375 e. The number of nitro benzene ring substituents is 1. The number of para-hydroxylation sites is 1. The van der Waals surface area contributed by atoms with Gasteiger partial charge in [-0.3, -0.25) is 10.1 Å². The fourth-order valence-electron chi connectivity index (χ4n) is 2.23. The van der Waals surface area contributed by atoms with Crippen molar-refractivity contribution in [1.82, 2.24) is 4.90 Å². The largest absolute Gasteiger partial charge is 0.375 e. The normalized spacial score (nSPS) is 12.8. The Labute approximate surface area is 118 Å². The van der Waals surface area contributed by atoms with Crippen molar-refractivity contribution in [3.63, 3.8) is 0 Å². The first-order valence-corrected chi connectivity index (χ1v) is 6.65. The van der Waals surface area contributed by atoms with Crippen LogP contribution in [0.1, 0.15) is 20.3 Å². The van der Waals surface area contributed by atoms with Gasteiger partial charge in [0.25, 0.3) is 0 Å². The summed E-state index contributed by atoms with van der Waals surface area (Å²) in [4.78, 5) is 12.3. The fraction of sp³-hybridized carbons (Fsp3) is 0.571. The molecule has 1 aromatic carbocycles. The second-order valence-corrected chi connectivity index (χ2v) is 5.63. The molecule has 0 aromatic heterocycles. The van der Waals surface area contributed by atoms with Gasteiger partial charge < -0.3 is 10.2 Å². The maximum atomic E-state index is 13.6. The molecular weight excluding hydrogens is 261 g/mol. The maximum absolute atomic E-state index is 13.6. The van der Waals surface area contributed by atoms with E-state index in [1.807, 2.05) is 19.0 Å². The molecule has 6 heteroatoms. The van der Waals surface area contributed by atoms with Crippen LogP contribution < -0.4 is 5.32 Å². The van der Waals surface area contributed by atoms with Crippen LogP contribution in [0.5, 0.6) is 0 Å². The Morgan fingerprint density at radius 1 is 1.40 bits per heavy atom. The monoisotopic (exact) mass is 283 g/mol. The Hall–Kier alpha value is -1.69. The highest BCUT2D eigenvalue weighted by Gasteiger charge is 2.22. The van der Waals surface area contributed by atoms with Gasteiger partial charge in [-0.05, 0) is 38.6 Å². The molecule has 1 unspecified atom stereocenters. The standard InChI is InChI=1S/C14H22FN3O2/c1-10(2)8-11(9-17(3)4)16-13-7-5-6-12(15)14(13)18(19)20/h5-7,10-11,16H,8-9H2,1-4H3. The number of benzene rings is 1. The van der Waals surface area contributed by atoms with Crippen LogP contribution in [0, 0.1) is 21.8 Å². The molecule has 112 valence electrons. The lowest BCUT2D eigenvalue weighted by Crippen LogP contribution is -2.33. The smallest absolute Gasteiger partial charge is 0.327 e. The van der Waals surface area contributed by atoms with Gasteiger partial charge >= 0.3 is 5.69 Å². The highest BCUT2D eigenvalue weighted by Crippen LogP contribution is 2.28. The van der Waals surface area contributed by atoms with Crippen LogP contribution in [0.25, 0.3) is 0 Å². The van der Waals surface area contributed by atoms with Gasteiger partial charge in [0.15, 0.2) is 0 Å². The summed E-state index contributed by atoms with van der Waals surface area (Å²) in [7, 11) is 3.88. The zero-order valence-corrected chi connectivity index (χ0v) is 12.4. The van der Waals surface area contributed by atoms with Gasteiger partial charge in [-0.1, -0.05) is 19.9 Å². The lowest BCUT2D eigenvalue weighted by molar-refractivity contribution is -0.386. The first-order chi connectivity index (χ1) is 9.31. The second-order valence-electron chi connectivity index (χ2n) is 5.63. The van der Waals surface area contributed by atoms with Crippen molar-refractivity contribution < 1.29 is 9.31 Å². The van der Waals surface area contributed by atoms with E-state index in [0.717, 1.165) is 19.0 Å². The molecule has 0 saturated heterocycles. The molecule has 0 spiro atoms. The summed E-state index contributed by atoms with van der Waals surface area (Å²) in [5.74, 6) is -0.367. The molecule has 0 bridgehead atoms. The van der Waals surface area contributed by atoms with Crippen molar-refractivity contribution in [2.75, 3.05) is 26.0 Å². The molecule has 1 rings (SSSR count). The highest BCUT2D eigenvalue weighted by molar-refractivity contribution is 5.62. The van der Waals surface area contributed by atoms with Crippen LogP contribution in [-0.2, 0) is 0 Å². The minimum absolute atomic E-state index is 0.0329. The van der Waals surface area contributed by atoms with E-state index in [4.69, 9.17) is 0 Å². The van der Waals surface area contributed by atoms with Gasteiger partial charge in [0.1, 0.15) is 5.69 Å². The first-order valence-electron chi connectivity index (χ1n) is 6.65. The quantitative estimate of drug-likeness (QED) is 0.617. The van der Waals surface area contributed by atoms with Gasteiger partial charge in [-0.25, -0.2) is 0 Å². The van der Waals surface area contributed by atoms with Crippen molar-refractivity contribution in [2.45, 2.75) is 26.3 Å². The molecule has 0 aliphatic heterocycles. The Bertz CT molecular complexity index is 454. The third-order valence-electron chi connectivity index (χ3n) is 2.87. The molecule has 1 N–H and O–H groups in total. The average Bonchev–Trinajstić information content (AvgIpc) is 2.26. The summed E-state index contributed by atoms with van der Waals surface area (Å²) >= 11 is 0.